The quantitative estimate of drug-likeness (QED) is 0.540. The second-order valence-electron chi connectivity index (χ2n) is 3.83. The van der Waals surface area contributed by atoms with Crippen LogP contribution in [0.25, 0.3) is 0 Å². The SMILES string of the molecule is C1CNCCN1.O=C1NC(=O)c2ccccc21. The fourth-order valence-electron chi connectivity index (χ4n) is 1.72. The maximum Gasteiger partial charge on any atom is 0.258 e. The van der Waals surface area contributed by atoms with Crippen molar-refractivity contribution in [1.29, 1.82) is 0 Å². The Labute approximate surface area is 99.6 Å². The van der Waals surface area contributed by atoms with Gasteiger partial charge in [0.1, 0.15) is 0 Å². The van der Waals surface area contributed by atoms with Crippen molar-refractivity contribution in [3.8, 4) is 0 Å². The number of carbonyl (C=O) groups excluding carboxylic acids is 2. The van der Waals surface area contributed by atoms with Crippen LogP contribution < -0.4 is 16.0 Å². The number of benzene rings is 1. The Morgan fingerprint density at radius 1 is 0.765 bits per heavy atom. The maximum absolute atomic E-state index is 10.9. The molecule has 0 saturated carbocycles. The molecule has 2 amide bonds. The van der Waals surface area contributed by atoms with Gasteiger partial charge in [-0.15, -0.1) is 0 Å². The molecule has 0 unspecified atom stereocenters. The van der Waals surface area contributed by atoms with Crippen molar-refractivity contribution >= 4 is 11.8 Å². The van der Waals surface area contributed by atoms with Gasteiger partial charge < -0.3 is 10.6 Å². The highest BCUT2D eigenvalue weighted by Crippen LogP contribution is 2.13. The third kappa shape index (κ3) is 2.89. The molecule has 2 aliphatic rings. The molecule has 0 spiro atoms. The molecule has 2 heterocycles. The highest BCUT2D eigenvalue weighted by molar-refractivity contribution is 6.21. The van der Waals surface area contributed by atoms with E-state index in [2.05, 4.69) is 16.0 Å². The first-order valence-electron chi connectivity index (χ1n) is 5.65. The zero-order chi connectivity index (χ0) is 12.1. The molecule has 5 heteroatoms. The smallest absolute Gasteiger partial charge is 0.258 e. The summed E-state index contributed by atoms with van der Waals surface area (Å²) in [5.74, 6) is -0.601. The summed E-state index contributed by atoms with van der Waals surface area (Å²) in [6.45, 7) is 4.56. The number of fused-ring (bicyclic) bond motifs is 1. The number of hydrogen-bond acceptors (Lipinski definition) is 4. The van der Waals surface area contributed by atoms with E-state index in [-0.39, 0.29) is 11.8 Å². The molecule has 0 aliphatic carbocycles. The summed E-state index contributed by atoms with van der Waals surface area (Å²) < 4.78 is 0. The highest BCUT2D eigenvalue weighted by Gasteiger charge is 2.25. The van der Waals surface area contributed by atoms with Gasteiger partial charge in [-0.2, -0.15) is 0 Å². The second-order valence-corrected chi connectivity index (χ2v) is 3.83. The summed E-state index contributed by atoms with van der Waals surface area (Å²) in [7, 11) is 0. The first-order valence-corrected chi connectivity index (χ1v) is 5.65. The van der Waals surface area contributed by atoms with E-state index in [0.717, 1.165) is 26.2 Å². The van der Waals surface area contributed by atoms with Crippen molar-refractivity contribution in [3.63, 3.8) is 0 Å². The highest BCUT2D eigenvalue weighted by atomic mass is 16.2. The van der Waals surface area contributed by atoms with Gasteiger partial charge in [-0.25, -0.2) is 0 Å². The lowest BCUT2D eigenvalue weighted by atomic mass is 10.1. The average Bonchev–Trinajstić information content (AvgIpc) is 2.69. The molecular weight excluding hydrogens is 218 g/mol. The number of carbonyl (C=O) groups is 2. The normalized spacial score (nSPS) is 17.9. The van der Waals surface area contributed by atoms with Gasteiger partial charge >= 0.3 is 0 Å². The Morgan fingerprint density at radius 3 is 1.53 bits per heavy atom. The number of hydrogen-bond donors (Lipinski definition) is 3. The lowest BCUT2D eigenvalue weighted by Crippen LogP contribution is -2.39. The fourth-order valence-corrected chi connectivity index (χ4v) is 1.72. The van der Waals surface area contributed by atoms with E-state index in [1.54, 1.807) is 24.3 Å². The number of rotatable bonds is 0. The Balaban J connectivity index is 0.000000153. The van der Waals surface area contributed by atoms with Crippen LogP contribution in [0.15, 0.2) is 24.3 Å². The predicted octanol–water partition coefficient (Wildman–Crippen LogP) is -0.251. The fraction of sp³-hybridized carbons (Fsp3) is 0.333. The summed E-state index contributed by atoms with van der Waals surface area (Å²) in [5, 5.41) is 8.65. The summed E-state index contributed by atoms with van der Waals surface area (Å²) in [5.41, 5.74) is 0.940. The lowest BCUT2D eigenvalue weighted by Gasteiger charge is -2.11. The van der Waals surface area contributed by atoms with Crippen LogP contribution in [0, 0.1) is 0 Å². The van der Waals surface area contributed by atoms with E-state index in [1.807, 2.05) is 0 Å². The van der Waals surface area contributed by atoms with E-state index in [1.165, 1.54) is 0 Å². The van der Waals surface area contributed by atoms with Crippen LogP contribution in [0.4, 0.5) is 0 Å². The molecule has 3 N–H and O–H groups in total. The summed E-state index contributed by atoms with van der Waals surface area (Å²) in [6, 6.07) is 6.74. The van der Waals surface area contributed by atoms with Crippen LogP contribution in [0.2, 0.25) is 0 Å². The Bertz CT molecular complexity index is 383. The van der Waals surface area contributed by atoms with Gasteiger partial charge in [0.25, 0.3) is 11.8 Å². The third-order valence-electron chi connectivity index (χ3n) is 2.60. The minimum Gasteiger partial charge on any atom is -0.314 e. The molecule has 1 aromatic rings. The molecule has 3 rings (SSSR count). The Hall–Kier alpha value is -1.72. The molecule has 1 saturated heterocycles. The molecule has 2 aliphatic heterocycles. The molecule has 5 nitrogen and oxygen atoms in total. The molecular formula is C12H15N3O2. The predicted molar refractivity (Wildman–Crippen MR) is 64.0 cm³/mol. The Kier molecular flexibility index (Phi) is 3.85. The minimum atomic E-state index is -0.300. The van der Waals surface area contributed by atoms with Gasteiger partial charge in [-0.1, -0.05) is 12.1 Å². The van der Waals surface area contributed by atoms with Crippen molar-refractivity contribution in [3.05, 3.63) is 35.4 Å². The van der Waals surface area contributed by atoms with Crippen LogP contribution in [-0.4, -0.2) is 38.0 Å². The van der Waals surface area contributed by atoms with E-state index >= 15 is 0 Å². The number of imide groups is 1. The van der Waals surface area contributed by atoms with Gasteiger partial charge in [0.2, 0.25) is 0 Å². The van der Waals surface area contributed by atoms with Crippen molar-refractivity contribution in [2.24, 2.45) is 0 Å². The van der Waals surface area contributed by atoms with Crippen LogP contribution in [0.3, 0.4) is 0 Å². The van der Waals surface area contributed by atoms with Crippen LogP contribution >= 0.6 is 0 Å². The van der Waals surface area contributed by atoms with E-state index in [0.29, 0.717) is 11.1 Å². The van der Waals surface area contributed by atoms with Crippen molar-refractivity contribution in [2.75, 3.05) is 26.2 Å². The van der Waals surface area contributed by atoms with Gasteiger partial charge in [0.15, 0.2) is 0 Å². The Morgan fingerprint density at radius 2 is 1.18 bits per heavy atom. The topological polar surface area (TPSA) is 70.2 Å². The summed E-state index contributed by atoms with van der Waals surface area (Å²) in [6.07, 6.45) is 0. The van der Waals surface area contributed by atoms with Gasteiger partial charge in [-0.3, -0.25) is 14.9 Å². The summed E-state index contributed by atoms with van der Waals surface area (Å²) >= 11 is 0. The van der Waals surface area contributed by atoms with Crippen molar-refractivity contribution in [2.45, 2.75) is 0 Å². The van der Waals surface area contributed by atoms with Gasteiger partial charge in [0, 0.05) is 26.2 Å². The number of nitrogens with one attached hydrogen (secondary N) is 3. The standard InChI is InChI=1S/C8H5NO2.C4H10N2/c10-7-5-3-1-2-4-6(5)8(11)9-7;1-2-6-4-3-5-1/h1-4H,(H,9,10,11);5-6H,1-4H2. The van der Waals surface area contributed by atoms with Crippen molar-refractivity contribution in [1.82, 2.24) is 16.0 Å². The molecule has 0 radical (unpaired) electrons. The molecule has 17 heavy (non-hydrogen) atoms. The van der Waals surface area contributed by atoms with E-state index in [4.69, 9.17) is 0 Å². The van der Waals surface area contributed by atoms with Gasteiger partial charge in [-0.05, 0) is 12.1 Å². The van der Waals surface area contributed by atoms with E-state index < -0.39 is 0 Å². The van der Waals surface area contributed by atoms with Crippen LogP contribution in [0.1, 0.15) is 20.7 Å². The largest absolute Gasteiger partial charge is 0.314 e. The first kappa shape index (κ1) is 11.8. The minimum absolute atomic E-state index is 0.300. The molecule has 0 atom stereocenters. The van der Waals surface area contributed by atoms with Crippen LogP contribution in [-0.2, 0) is 0 Å². The van der Waals surface area contributed by atoms with Gasteiger partial charge in [0.05, 0.1) is 11.1 Å². The monoisotopic (exact) mass is 233 g/mol. The maximum atomic E-state index is 10.9. The van der Waals surface area contributed by atoms with E-state index in [9.17, 15) is 9.59 Å². The second kappa shape index (κ2) is 5.56. The number of amides is 2. The molecule has 0 aromatic heterocycles. The first-order chi connectivity index (χ1) is 8.29. The molecule has 0 bridgehead atoms. The molecule has 90 valence electrons. The summed E-state index contributed by atoms with van der Waals surface area (Å²) in [4.78, 5) is 21.9. The lowest BCUT2D eigenvalue weighted by molar-refractivity contribution is 0.0879. The zero-order valence-corrected chi connectivity index (χ0v) is 9.45. The average molecular weight is 233 g/mol. The number of piperazine rings is 1. The molecule has 1 aromatic carbocycles. The van der Waals surface area contributed by atoms with Crippen molar-refractivity contribution < 1.29 is 9.59 Å². The zero-order valence-electron chi connectivity index (χ0n) is 9.45. The third-order valence-corrected chi connectivity index (χ3v) is 2.60. The molecule has 1 fully saturated rings. The van der Waals surface area contributed by atoms with Crippen LogP contribution in [0.5, 0.6) is 0 Å².